The first kappa shape index (κ1) is 19.9. The highest BCUT2D eigenvalue weighted by molar-refractivity contribution is 7.90. The molecule has 0 unspecified atom stereocenters. The first-order valence-electron chi connectivity index (χ1n) is 7.66. The summed E-state index contributed by atoms with van der Waals surface area (Å²) in [6.07, 6.45) is -1.47. The molecule has 1 aromatic carbocycles. The second-order valence-corrected chi connectivity index (χ2v) is 8.04. The van der Waals surface area contributed by atoms with Gasteiger partial charge >= 0.3 is 6.18 Å². The summed E-state index contributed by atoms with van der Waals surface area (Å²) in [6.45, 7) is 1.66. The highest BCUT2D eigenvalue weighted by atomic mass is 32.2. The molecule has 0 N–H and O–H groups in total. The van der Waals surface area contributed by atoms with Crippen LogP contribution in [0.4, 0.5) is 22.0 Å². The topological polar surface area (TPSA) is 64.8 Å². The van der Waals surface area contributed by atoms with Gasteiger partial charge in [0.2, 0.25) is 0 Å². The minimum Gasteiger partial charge on any atom is -0.262 e. The van der Waals surface area contributed by atoms with E-state index < -0.39 is 38.2 Å². The highest BCUT2D eigenvalue weighted by Gasteiger charge is 2.35. The van der Waals surface area contributed by atoms with Gasteiger partial charge in [-0.15, -0.1) is 0 Å². The smallest absolute Gasteiger partial charge is 0.262 e. The fraction of sp³-hybridized carbons (Fsp3) is 0.176. The summed E-state index contributed by atoms with van der Waals surface area (Å²) in [6, 6.07) is 3.41. The highest BCUT2D eigenvalue weighted by Crippen LogP contribution is 2.34. The quantitative estimate of drug-likeness (QED) is 0.606. The molecule has 0 amide bonds. The minimum atomic E-state index is -4.80. The molecule has 148 valence electrons. The van der Waals surface area contributed by atoms with Gasteiger partial charge in [0.05, 0.1) is 17.6 Å². The van der Waals surface area contributed by atoms with Crippen LogP contribution in [0.3, 0.4) is 0 Å². The SMILES string of the molecule is Cc1cncc(-n2nc(C(F)(F)F)cc2-c2cc(F)c(S(C)(=O)=O)c(F)c2)c1. The Morgan fingerprint density at radius 3 is 2.11 bits per heavy atom. The van der Waals surface area contributed by atoms with Gasteiger partial charge in [0.1, 0.15) is 16.5 Å². The van der Waals surface area contributed by atoms with Crippen molar-refractivity contribution in [2.45, 2.75) is 18.0 Å². The summed E-state index contributed by atoms with van der Waals surface area (Å²) in [5.41, 5.74) is -1.11. The van der Waals surface area contributed by atoms with E-state index in [4.69, 9.17) is 0 Å². The number of benzene rings is 1. The van der Waals surface area contributed by atoms with Crippen molar-refractivity contribution >= 4 is 9.84 Å². The average Bonchev–Trinajstić information content (AvgIpc) is 2.98. The van der Waals surface area contributed by atoms with Crippen molar-refractivity contribution in [1.82, 2.24) is 14.8 Å². The normalized spacial score (nSPS) is 12.4. The molecule has 11 heteroatoms. The van der Waals surface area contributed by atoms with Crippen molar-refractivity contribution in [3.63, 3.8) is 0 Å². The zero-order chi connectivity index (χ0) is 20.9. The molecular weight excluding hydrogens is 405 g/mol. The maximum absolute atomic E-state index is 14.2. The lowest BCUT2D eigenvalue weighted by molar-refractivity contribution is -0.141. The molecule has 28 heavy (non-hydrogen) atoms. The van der Waals surface area contributed by atoms with Crippen molar-refractivity contribution in [3.05, 3.63) is 59.6 Å². The van der Waals surface area contributed by atoms with Crippen LogP contribution in [0.25, 0.3) is 16.9 Å². The van der Waals surface area contributed by atoms with E-state index in [9.17, 15) is 30.4 Å². The number of aromatic nitrogens is 3. The molecule has 2 aromatic heterocycles. The van der Waals surface area contributed by atoms with Crippen LogP contribution in [0.2, 0.25) is 0 Å². The number of rotatable bonds is 3. The third-order valence-electron chi connectivity index (χ3n) is 3.77. The number of pyridine rings is 1. The molecule has 2 heterocycles. The largest absolute Gasteiger partial charge is 0.435 e. The Hall–Kier alpha value is -2.82. The summed E-state index contributed by atoms with van der Waals surface area (Å²) < 4.78 is 91.9. The fourth-order valence-corrected chi connectivity index (χ4v) is 3.47. The summed E-state index contributed by atoms with van der Waals surface area (Å²) in [4.78, 5) is 2.72. The molecule has 0 radical (unpaired) electrons. The van der Waals surface area contributed by atoms with Gasteiger partial charge in [0.25, 0.3) is 0 Å². The standard InChI is InChI=1S/C17H12F5N3O2S/c1-9-3-11(8-23-7-9)25-14(6-15(24-25)17(20,21)22)10-4-12(18)16(13(19)5-10)28(2,26)27/h3-8H,1-2H3. The molecule has 0 aliphatic heterocycles. The van der Waals surface area contributed by atoms with Crippen molar-refractivity contribution in [2.24, 2.45) is 0 Å². The van der Waals surface area contributed by atoms with Crippen LogP contribution in [0.5, 0.6) is 0 Å². The Balaban J connectivity index is 2.29. The molecule has 5 nitrogen and oxygen atoms in total. The van der Waals surface area contributed by atoms with Crippen LogP contribution < -0.4 is 0 Å². The minimum absolute atomic E-state index is 0.138. The maximum Gasteiger partial charge on any atom is 0.435 e. The van der Waals surface area contributed by atoms with Gasteiger partial charge in [-0.05, 0) is 36.8 Å². The molecule has 0 fully saturated rings. The van der Waals surface area contributed by atoms with Gasteiger partial charge in [-0.1, -0.05) is 0 Å². The number of alkyl halides is 3. The second kappa shape index (κ2) is 6.66. The van der Waals surface area contributed by atoms with Crippen molar-refractivity contribution in [3.8, 4) is 16.9 Å². The van der Waals surface area contributed by atoms with Gasteiger partial charge in [0.15, 0.2) is 15.5 Å². The number of nitrogens with zero attached hydrogens (tertiary/aromatic N) is 3. The van der Waals surface area contributed by atoms with Crippen molar-refractivity contribution in [2.75, 3.05) is 6.26 Å². The molecule has 0 saturated carbocycles. The molecular formula is C17H12F5N3O2S. The number of halogens is 5. The van der Waals surface area contributed by atoms with E-state index in [-0.39, 0.29) is 16.9 Å². The fourth-order valence-electron chi connectivity index (χ4n) is 2.64. The zero-order valence-electron chi connectivity index (χ0n) is 14.4. The molecule has 3 aromatic rings. The van der Waals surface area contributed by atoms with Crippen LogP contribution >= 0.6 is 0 Å². The van der Waals surface area contributed by atoms with Crippen LogP contribution in [0.1, 0.15) is 11.3 Å². The van der Waals surface area contributed by atoms with Crippen LogP contribution in [0.15, 0.2) is 41.6 Å². The van der Waals surface area contributed by atoms with Gasteiger partial charge in [-0.2, -0.15) is 18.3 Å². The van der Waals surface area contributed by atoms with E-state index in [0.717, 1.165) is 4.68 Å². The monoisotopic (exact) mass is 417 g/mol. The molecule has 0 spiro atoms. The van der Waals surface area contributed by atoms with Crippen LogP contribution in [-0.2, 0) is 16.0 Å². The zero-order valence-corrected chi connectivity index (χ0v) is 15.2. The number of aryl methyl sites for hydroxylation is 1. The number of hydrogen-bond acceptors (Lipinski definition) is 4. The summed E-state index contributed by atoms with van der Waals surface area (Å²) in [7, 11) is -4.21. The maximum atomic E-state index is 14.2. The summed E-state index contributed by atoms with van der Waals surface area (Å²) >= 11 is 0. The Bertz CT molecular complexity index is 1150. The lowest BCUT2D eigenvalue weighted by Gasteiger charge is -2.10. The van der Waals surface area contributed by atoms with Gasteiger partial charge < -0.3 is 0 Å². The molecule has 3 rings (SSSR count). The molecule has 0 bridgehead atoms. The lowest BCUT2D eigenvalue weighted by atomic mass is 10.1. The third kappa shape index (κ3) is 3.75. The third-order valence-corrected chi connectivity index (χ3v) is 4.90. The van der Waals surface area contributed by atoms with Gasteiger partial charge in [0, 0.05) is 18.0 Å². The predicted molar refractivity (Wildman–Crippen MR) is 89.6 cm³/mol. The summed E-state index contributed by atoms with van der Waals surface area (Å²) in [5.74, 6) is -2.83. The predicted octanol–water partition coefficient (Wildman–Crippen LogP) is 3.94. The second-order valence-electron chi connectivity index (χ2n) is 6.09. The Morgan fingerprint density at radius 1 is 1.00 bits per heavy atom. The molecule has 0 atom stereocenters. The van der Waals surface area contributed by atoms with E-state index in [0.29, 0.717) is 30.0 Å². The number of hydrogen-bond donors (Lipinski definition) is 0. The summed E-state index contributed by atoms with van der Waals surface area (Å²) in [5, 5.41) is 3.49. The van der Waals surface area contributed by atoms with E-state index in [1.54, 1.807) is 6.92 Å². The Kier molecular flexibility index (Phi) is 4.74. The van der Waals surface area contributed by atoms with Crippen LogP contribution in [-0.4, -0.2) is 29.4 Å². The van der Waals surface area contributed by atoms with Crippen molar-refractivity contribution in [1.29, 1.82) is 0 Å². The van der Waals surface area contributed by atoms with Crippen LogP contribution in [0, 0.1) is 18.6 Å². The van der Waals surface area contributed by atoms with E-state index in [1.165, 1.54) is 18.5 Å². The molecule has 0 aliphatic rings. The van der Waals surface area contributed by atoms with E-state index in [1.807, 2.05) is 0 Å². The first-order chi connectivity index (χ1) is 12.9. The van der Waals surface area contributed by atoms with Gasteiger partial charge in [-0.25, -0.2) is 21.9 Å². The van der Waals surface area contributed by atoms with E-state index >= 15 is 0 Å². The lowest BCUT2D eigenvalue weighted by Crippen LogP contribution is -2.08. The molecule has 0 saturated heterocycles. The molecule has 0 aliphatic carbocycles. The van der Waals surface area contributed by atoms with Gasteiger partial charge in [-0.3, -0.25) is 4.98 Å². The van der Waals surface area contributed by atoms with E-state index in [2.05, 4.69) is 10.1 Å². The van der Waals surface area contributed by atoms with Crippen molar-refractivity contribution < 1.29 is 30.4 Å². The first-order valence-corrected chi connectivity index (χ1v) is 9.56. The average molecular weight is 417 g/mol. The Labute approximate surface area is 156 Å². The Morgan fingerprint density at radius 2 is 1.61 bits per heavy atom. The number of sulfone groups is 1.